The number of aliphatic carboxylic acids is 1. The van der Waals surface area contributed by atoms with Crippen LogP contribution in [0, 0.1) is 19.8 Å². The Morgan fingerprint density at radius 1 is 0.881 bits per heavy atom. The van der Waals surface area contributed by atoms with E-state index >= 15 is 0 Å². The normalized spacial score (nSPS) is 13.6. The smallest absolute Gasteiger partial charge is 0.322 e. The van der Waals surface area contributed by atoms with Gasteiger partial charge in [-0.15, -0.1) is 0 Å². The summed E-state index contributed by atoms with van der Waals surface area (Å²) in [6.45, 7) is 7.22. The molecule has 12 nitrogen and oxygen atoms in total. The lowest BCUT2D eigenvalue weighted by atomic mass is 10.1. The van der Waals surface area contributed by atoms with Crippen molar-refractivity contribution in [1.82, 2.24) is 14.3 Å². The van der Waals surface area contributed by atoms with E-state index in [0.29, 0.717) is 0 Å². The van der Waals surface area contributed by atoms with E-state index in [1.807, 2.05) is 6.92 Å². The van der Waals surface area contributed by atoms with Gasteiger partial charge in [0.05, 0.1) is 16.2 Å². The van der Waals surface area contributed by atoms with Gasteiger partial charge >= 0.3 is 5.97 Å². The third-order valence-electron chi connectivity index (χ3n) is 6.36. The molecule has 0 aromatic heterocycles. The van der Waals surface area contributed by atoms with Crippen LogP contribution in [0.1, 0.15) is 50.7 Å². The largest absolute Gasteiger partial charge is 0.480 e. The minimum absolute atomic E-state index is 0.000163. The van der Waals surface area contributed by atoms with E-state index in [-0.39, 0.29) is 48.1 Å². The molecule has 0 aliphatic rings. The number of nitrogens with zero attached hydrogens (tertiary/aromatic N) is 1. The van der Waals surface area contributed by atoms with E-state index in [2.05, 4.69) is 10.0 Å². The molecule has 2 atom stereocenters. The number of aryl methyl sites for hydroxylation is 2. The summed E-state index contributed by atoms with van der Waals surface area (Å²) in [7, 11) is -8.23. The van der Waals surface area contributed by atoms with E-state index in [0.717, 1.165) is 15.4 Å². The molecule has 5 N–H and O–H groups in total. The zero-order valence-corrected chi connectivity index (χ0v) is 25.9. The molecule has 0 heterocycles. The average molecular weight is 625 g/mol. The van der Waals surface area contributed by atoms with Crippen molar-refractivity contribution in [1.29, 1.82) is 0 Å². The highest BCUT2D eigenvalue weighted by Gasteiger charge is 2.36. The molecule has 2 aromatic rings. The Bertz CT molecular complexity index is 1440. The molecule has 0 unspecified atom stereocenters. The molecule has 232 valence electrons. The van der Waals surface area contributed by atoms with Crippen molar-refractivity contribution < 1.29 is 36.3 Å². The van der Waals surface area contributed by atoms with Gasteiger partial charge in [-0.25, -0.2) is 16.8 Å². The number of sulfonamides is 2. The summed E-state index contributed by atoms with van der Waals surface area (Å²) < 4.78 is 55.5. The Morgan fingerprint density at radius 3 is 1.88 bits per heavy atom. The lowest BCUT2D eigenvalue weighted by molar-refractivity contribution is -0.142. The second kappa shape index (κ2) is 15.2. The Kier molecular flexibility index (Phi) is 12.6. The second-order valence-corrected chi connectivity index (χ2v) is 14.2. The fraction of sp³-hybridized carbons (Fsp3) is 0.464. The Labute approximate surface area is 247 Å². The van der Waals surface area contributed by atoms with Gasteiger partial charge in [-0.2, -0.15) is 9.03 Å². The van der Waals surface area contributed by atoms with Crippen molar-refractivity contribution in [3.63, 3.8) is 0 Å². The maximum atomic E-state index is 13.4. The van der Waals surface area contributed by atoms with Gasteiger partial charge in [0, 0.05) is 13.1 Å². The van der Waals surface area contributed by atoms with Crippen LogP contribution in [0.25, 0.3) is 0 Å². The maximum Gasteiger partial charge on any atom is 0.322 e. The van der Waals surface area contributed by atoms with Crippen molar-refractivity contribution in [3.05, 3.63) is 59.7 Å². The predicted molar refractivity (Wildman–Crippen MR) is 157 cm³/mol. The van der Waals surface area contributed by atoms with E-state index in [4.69, 9.17) is 5.73 Å². The van der Waals surface area contributed by atoms with Crippen LogP contribution in [0.3, 0.4) is 0 Å². The molecule has 2 aromatic carbocycles. The zero-order chi connectivity index (χ0) is 31.7. The summed E-state index contributed by atoms with van der Waals surface area (Å²) in [4.78, 5) is 36.4. The molecule has 0 spiro atoms. The number of benzene rings is 2. The number of nitrogens with one attached hydrogen (secondary N) is 2. The quantitative estimate of drug-likeness (QED) is 0.192. The lowest BCUT2D eigenvalue weighted by Gasteiger charge is -2.29. The fourth-order valence-corrected chi connectivity index (χ4v) is 7.12. The van der Waals surface area contributed by atoms with E-state index in [1.54, 1.807) is 45.0 Å². The van der Waals surface area contributed by atoms with Crippen LogP contribution in [0.5, 0.6) is 0 Å². The van der Waals surface area contributed by atoms with Gasteiger partial charge in [-0.1, -0.05) is 49.2 Å². The van der Waals surface area contributed by atoms with E-state index in [9.17, 15) is 36.3 Å². The maximum absolute atomic E-state index is 13.4. The number of amides is 2. The summed E-state index contributed by atoms with van der Waals surface area (Å²) in [5, 5.41) is 12.5. The number of nitrogens with two attached hydrogens (primary N) is 1. The molecule has 0 fully saturated rings. The topological polar surface area (TPSA) is 193 Å². The molecule has 0 aliphatic heterocycles. The molecule has 0 bridgehead atoms. The van der Waals surface area contributed by atoms with Gasteiger partial charge in [-0.05, 0) is 63.3 Å². The number of carboxylic acids is 1. The zero-order valence-electron chi connectivity index (χ0n) is 24.2. The van der Waals surface area contributed by atoms with Crippen LogP contribution in [0.15, 0.2) is 58.3 Å². The molecular weight excluding hydrogens is 584 g/mol. The lowest BCUT2D eigenvalue weighted by Crippen LogP contribution is -2.48. The standard InChI is InChI=1S/C28H40N4O8S2/c1-19(2)18-32(42(39,40)23-14-10-21(4)11-15-23)25(28(35)36)7-5-6-16-30-27(34)24(17-26(29)33)31-41(37,38)22-12-8-20(3)9-13-22/h8-15,19,24-25,31H,5-7,16-18H2,1-4H3,(H2,29,33)(H,30,34)(H,35,36)/t24-,25-/m0/s1. The Morgan fingerprint density at radius 2 is 1.40 bits per heavy atom. The number of hydrogen-bond donors (Lipinski definition) is 4. The highest BCUT2D eigenvalue weighted by atomic mass is 32.2. The van der Waals surface area contributed by atoms with Gasteiger partial charge in [0.15, 0.2) is 0 Å². The minimum Gasteiger partial charge on any atom is -0.480 e. The number of unbranched alkanes of at least 4 members (excludes halogenated alkanes) is 1. The molecule has 2 rings (SSSR count). The van der Waals surface area contributed by atoms with Crippen LogP contribution in [0.2, 0.25) is 0 Å². The van der Waals surface area contributed by atoms with Crippen molar-refractivity contribution in [3.8, 4) is 0 Å². The van der Waals surface area contributed by atoms with Crippen molar-refractivity contribution in [2.45, 2.75) is 75.3 Å². The first-order valence-electron chi connectivity index (χ1n) is 13.5. The van der Waals surface area contributed by atoms with Crippen LogP contribution >= 0.6 is 0 Å². The van der Waals surface area contributed by atoms with Crippen LogP contribution in [-0.2, 0) is 34.4 Å². The van der Waals surface area contributed by atoms with Gasteiger partial charge in [-0.3, -0.25) is 14.4 Å². The van der Waals surface area contributed by atoms with Crippen LogP contribution < -0.4 is 15.8 Å². The van der Waals surface area contributed by atoms with Gasteiger partial charge in [0.1, 0.15) is 12.1 Å². The summed E-state index contributed by atoms with van der Waals surface area (Å²) >= 11 is 0. The fourth-order valence-electron chi connectivity index (χ4n) is 4.15. The van der Waals surface area contributed by atoms with Gasteiger partial charge < -0.3 is 16.2 Å². The summed E-state index contributed by atoms with van der Waals surface area (Å²) in [5.41, 5.74) is 6.93. The van der Waals surface area contributed by atoms with Gasteiger partial charge in [0.25, 0.3) is 0 Å². The first-order valence-corrected chi connectivity index (χ1v) is 16.4. The molecular formula is C28H40N4O8S2. The number of hydrogen-bond acceptors (Lipinski definition) is 7. The average Bonchev–Trinajstić information content (AvgIpc) is 2.89. The first kappa shape index (κ1) is 34.9. The minimum atomic E-state index is -4.13. The van der Waals surface area contributed by atoms with Gasteiger partial charge in [0.2, 0.25) is 31.9 Å². The highest BCUT2D eigenvalue weighted by molar-refractivity contribution is 7.89. The SMILES string of the molecule is Cc1ccc(S(=O)(=O)N[C@@H](CC(N)=O)C(=O)NCCCC[C@@H](C(=O)O)N(CC(C)C)S(=O)(=O)c2ccc(C)cc2)cc1. The second-order valence-electron chi connectivity index (χ2n) is 10.6. The van der Waals surface area contributed by atoms with Crippen LogP contribution in [-0.4, -0.2) is 69.2 Å². The molecule has 2 amide bonds. The van der Waals surface area contributed by atoms with Crippen LogP contribution in [0.4, 0.5) is 0 Å². The molecule has 14 heteroatoms. The number of carbonyl (C=O) groups excluding carboxylic acids is 2. The summed E-state index contributed by atoms with van der Waals surface area (Å²) in [5.74, 6) is -3.09. The molecule has 0 saturated carbocycles. The molecule has 0 saturated heterocycles. The first-order chi connectivity index (χ1) is 19.5. The Balaban J connectivity index is 2.06. The van der Waals surface area contributed by atoms with E-state index < -0.39 is 56.3 Å². The number of rotatable bonds is 17. The third-order valence-corrected chi connectivity index (χ3v) is 9.74. The Hall–Kier alpha value is -3.33. The number of carbonyl (C=O) groups is 3. The van der Waals surface area contributed by atoms with Crippen molar-refractivity contribution >= 4 is 37.8 Å². The predicted octanol–water partition coefficient (Wildman–Crippen LogP) is 1.91. The molecule has 42 heavy (non-hydrogen) atoms. The highest BCUT2D eigenvalue weighted by Crippen LogP contribution is 2.23. The summed E-state index contributed by atoms with van der Waals surface area (Å²) in [6.07, 6.45) is -0.0821. The number of primary amides is 1. The molecule has 0 aliphatic carbocycles. The van der Waals surface area contributed by atoms with Crippen molar-refractivity contribution in [2.75, 3.05) is 13.1 Å². The molecule has 0 radical (unpaired) electrons. The summed E-state index contributed by atoms with van der Waals surface area (Å²) in [6, 6.07) is 9.32. The van der Waals surface area contributed by atoms with Crippen molar-refractivity contribution in [2.24, 2.45) is 11.7 Å². The third kappa shape index (κ3) is 10.2. The van der Waals surface area contributed by atoms with E-state index in [1.165, 1.54) is 24.3 Å². The monoisotopic (exact) mass is 624 g/mol. The number of carboxylic acid groups (broad SMARTS) is 1.